The third kappa shape index (κ3) is 2.87. The lowest BCUT2D eigenvalue weighted by molar-refractivity contribution is 0.259. The highest BCUT2D eigenvalue weighted by molar-refractivity contribution is 7.90. The van der Waals surface area contributed by atoms with Crippen LogP contribution in [0.25, 0.3) is 10.9 Å². The smallest absolute Gasteiger partial charge is 0.268 e. The molecule has 0 unspecified atom stereocenters. The van der Waals surface area contributed by atoms with E-state index >= 15 is 0 Å². The monoisotopic (exact) mass is 410 g/mol. The molecule has 2 aromatic carbocycles. The molecule has 0 saturated heterocycles. The second kappa shape index (κ2) is 6.46. The summed E-state index contributed by atoms with van der Waals surface area (Å²) in [7, 11) is -1.78. The highest BCUT2D eigenvalue weighted by atomic mass is 35.5. The van der Waals surface area contributed by atoms with Gasteiger partial charge in [0.25, 0.3) is 10.0 Å². The van der Waals surface area contributed by atoms with Crippen LogP contribution in [0.3, 0.4) is 0 Å². The van der Waals surface area contributed by atoms with Crippen LogP contribution in [-0.4, -0.2) is 37.5 Å². The van der Waals surface area contributed by atoms with Crippen LogP contribution in [0.2, 0.25) is 10.0 Å². The lowest BCUT2D eigenvalue weighted by Crippen LogP contribution is -2.20. The first-order chi connectivity index (χ1) is 12.4. The Bertz CT molecular complexity index is 1110. The first kappa shape index (κ1) is 17.7. The van der Waals surface area contributed by atoms with Gasteiger partial charge in [-0.2, -0.15) is 0 Å². The Balaban J connectivity index is 1.89. The van der Waals surface area contributed by atoms with E-state index in [-0.39, 0.29) is 9.92 Å². The summed E-state index contributed by atoms with van der Waals surface area (Å²) in [5, 5.41) is 1.38. The molecule has 0 spiro atoms. The van der Waals surface area contributed by atoms with Crippen molar-refractivity contribution in [1.82, 2.24) is 8.87 Å². The fourth-order valence-corrected chi connectivity index (χ4v) is 4.89. The molecule has 4 rings (SSSR count). The van der Waals surface area contributed by atoms with E-state index in [1.807, 2.05) is 19.2 Å². The molecule has 0 fully saturated rings. The second-order valence-electron chi connectivity index (χ2n) is 6.25. The minimum atomic E-state index is -3.79. The molecule has 1 aromatic heterocycles. The predicted octanol–water partition coefficient (Wildman–Crippen LogP) is 4.01. The Morgan fingerprint density at radius 2 is 1.88 bits per heavy atom. The maximum Gasteiger partial charge on any atom is 0.268 e. The number of aromatic nitrogens is 1. The van der Waals surface area contributed by atoms with Crippen LogP contribution in [-0.2, 0) is 16.6 Å². The van der Waals surface area contributed by atoms with Gasteiger partial charge in [-0.1, -0.05) is 23.2 Å². The molecule has 0 atom stereocenters. The molecule has 0 amide bonds. The summed E-state index contributed by atoms with van der Waals surface area (Å²) in [4.78, 5) is 2.24. The van der Waals surface area contributed by atoms with Crippen molar-refractivity contribution in [2.24, 2.45) is 0 Å². The molecule has 26 heavy (non-hydrogen) atoms. The Kier molecular flexibility index (Phi) is 4.39. The van der Waals surface area contributed by atoms with Gasteiger partial charge in [0, 0.05) is 30.2 Å². The first-order valence-corrected chi connectivity index (χ1v) is 10.2. The van der Waals surface area contributed by atoms with Crippen LogP contribution < -0.4 is 4.74 Å². The van der Waals surface area contributed by atoms with Gasteiger partial charge in [-0.05, 0) is 43.4 Å². The maximum absolute atomic E-state index is 13.1. The Labute approximate surface area is 161 Å². The minimum absolute atomic E-state index is 0.0905. The van der Waals surface area contributed by atoms with Gasteiger partial charge in [-0.15, -0.1) is 0 Å². The second-order valence-corrected chi connectivity index (χ2v) is 8.88. The Morgan fingerprint density at radius 3 is 2.65 bits per heavy atom. The fourth-order valence-electron chi connectivity index (χ4n) is 3.15. The standard InChI is InChI=1S/C18H16Cl2N2O3S/c1-21-8-9-25-18-5-4-17-13(14(18)11-21)6-7-22(17)26(23,24)12-2-3-15(19)16(20)10-12/h2-7,10H,8-9,11H2,1H3. The number of rotatable bonds is 2. The van der Waals surface area contributed by atoms with Gasteiger partial charge in [0.15, 0.2) is 0 Å². The molecule has 0 saturated carbocycles. The predicted molar refractivity (Wildman–Crippen MR) is 103 cm³/mol. The molecule has 0 N–H and O–H groups in total. The molecule has 136 valence electrons. The van der Waals surface area contributed by atoms with Crippen LogP contribution in [0, 0.1) is 0 Å². The van der Waals surface area contributed by atoms with Crippen molar-refractivity contribution < 1.29 is 13.2 Å². The molecule has 5 nitrogen and oxygen atoms in total. The molecule has 0 bridgehead atoms. The topological polar surface area (TPSA) is 51.5 Å². The zero-order valence-electron chi connectivity index (χ0n) is 13.9. The zero-order valence-corrected chi connectivity index (χ0v) is 16.3. The van der Waals surface area contributed by atoms with Crippen molar-refractivity contribution in [3.63, 3.8) is 0 Å². The van der Waals surface area contributed by atoms with E-state index in [1.165, 1.54) is 22.2 Å². The summed E-state index contributed by atoms with van der Waals surface area (Å²) < 4.78 is 33.3. The summed E-state index contributed by atoms with van der Waals surface area (Å²) in [6.07, 6.45) is 1.56. The molecule has 1 aliphatic heterocycles. The number of hydrogen-bond donors (Lipinski definition) is 0. The maximum atomic E-state index is 13.1. The van der Waals surface area contributed by atoms with Gasteiger partial charge >= 0.3 is 0 Å². The van der Waals surface area contributed by atoms with Crippen molar-refractivity contribution in [2.75, 3.05) is 20.2 Å². The third-order valence-electron chi connectivity index (χ3n) is 4.51. The lowest BCUT2D eigenvalue weighted by Gasteiger charge is -2.13. The quantitative estimate of drug-likeness (QED) is 0.640. The van der Waals surface area contributed by atoms with Gasteiger partial charge in [0.2, 0.25) is 0 Å². The molecule has 8 heteroatoms. The summed E-state index contributed by atoms with van der Waals surface area (Å²) in [6.45, 7) is 2.12. The average molecular weight is 411 g/mol. The molecule has 3 aromatic rings. The van der Waals surface area contributed by atoms with Crippen molar-refractivity contribution in [1.29, 1.82) is 0 Å². The third-order valence-corrected chi connectivity index (χ3v) is 6.94. The van der Waals surface area contributed by atoms with Crippen molar-refractivity contribution in [2.45, 2.75) is 11.4 Å². The SMILES string of the molecule is CN1CCOc2ccc3c(ccn3S(=O)(=O)c3ccc(Cl)c(Cl)c3)c2C1. The average Bonchev–Trinajstić information content (AvgIpc) is 2.95. The zero-order chi connectivity index (χ0) is 18.5. The highest BCUT2D eigenvalue weighted by Crippen LogP contribution is 2.33. The van der Waals surface area contributed by atoms with E-state index < -0.39 is 10.0 Å². The number of nitrogens with zero attached hydrogens (tertiary/aromatic N) is 2. The van der Waals surface area contributed by atoms with E-state index in [1.54, 1.807) is 12.3 Å². The van der Waals surface area contributed by atoms with Gasteiger partial charge in [-0.25, -0.2) is 12.4 Å². The largest absolute Gasteiger partial charge is 0.492 e. The number of fused-ring (bicyclic) bond motifs is 3. The number of ether oxygens (including phenoxy) is 1. The number of hydrogen-bond acceptors (Lipinski definition) is 4. The van der Waals surface area contributed by atoms with Gasteiger partial charge in [0.1, 0.15) is 12.4 Å². The van der Waals surface area contributed by atoms with E-state index in [4.69, 9.17) is 27.9 Å². The summed E-state index contributed by atoms with van der Waals surface area (Å²) in [5.41, 5.74) is 1.60. The van der Waals surface area contributed by atoms with E-state index in [0.717, 1.165) is 23.2 Å². The highest BCUT2D eigenvalue weighted by Gasteiger charge is 2.23. The molecular formula is C18H16Cl2N2O3S. The molecule has 0 aliphatic carbocycles. The number of benzene rings is 2. The Morgan fingerprint density at radius 1 is 1.08 bits per heavy atom. The van der Waals surface area contributed by atoms with Crippen LogP contribution in [0.1, 0.15) is 5.56 Å². The lowest BCUT2D eigenvalue weighted by atomic mass is 10.1. The number of halogens is 2. The molecular weight excluding hydrogens is 395 g/mol. The van der Waals surface area contributed by atoms with Crippen molar-refractivity contribution >= 4 is 44.1 Å². The fraction of sp³-hybridized carbons (Fsp3) is 0.222. The number of likely N-dealkylation sites (N-methyl/N-ethyl adjacent to an activating group) is 1. The van der Waals surface area contributed by atoms with Gasteiger partial charge in [-0.3, -0.25) is 4.90 Å². The van der Waals surface area contributed by atoms with Crippen molar-refractivity contribution in [3.8, 4) is 5.75 Å². The van der Waals surface area contributed by atoms with Crippen LogP contribution >= 0.6 is 23.2 Å². The Hall–Kier alpha value is -1.73. The summed E-state index contributed by atoms with van der Waals surface area (Å²) >= 11 is 11.9. The van der Waals surface area contributed by atoms with Gasteiger partial charge < -0.3 is 4.74 Å². The van der Waals surface area contributed by atoms with Crippen LogP contribution in [0.4, 0.5) is 0 Å². The summed E-state index contributed by atoms with van der Waals surface area (Å²) in [6, 6.07) is 9.72. The first-order valence-electron chi connectivity index (χ1n) is 8.03. The van der Waals surface area contributed by atoms with E-state index in [0.29, 0.717) is 23.7 Å². The van der Waals surface area contributed by atoms with E-state index in [9.17, 15) is 8.42 Å². The molecule has 0 radical (unpaired) electrons. The molecule has 1 aliphatic rings. The normalized spacial score (nSPS) is 15.5. The summed E-state index contributed by atoms with van der Waals surface area (Å²) in [5.74, 6) is 0.798. The van der Waals surface area contributed by atoms with E-state index in [2.05, 4.69) is 4.90 Å². The van der Waals surface area contributed by atoms with Crippen molar-refractivity contribution in [3.05, 3.63) is 58.2 Å². The minimum Gasteiger partial charge on any atom is -0.492 e. The van der Waals surface area contributed by atoms with Crippen LogP contribution in [0.15, 0.2) is 47.5 Å². The molecule has 2 heterocycles. The van der Waals surface area contributed by atoms with Gasteiger partial charge in [0.05, 0.1) is 20.5 Å². The van der Waals surface area contributed by atoms with Crippen LogP contribution in [0.5, 0.6) is 5.75 Å².